The van der Waals surface area contributed by atoms with Crippen LogP contribution in [0.4, 0.5) is 0 Å². The largest absolute Gasteiger partial charge is 0.393 e. The van der Waals surface area contributed by atoms with Crippen LogP contribution in [-0.4, -0.2) is 53.8 Å². The third kappa shape index (κ3) is 4.14. The van der Waals surface area contributed by atoms with E-state index in [1.54, 1.807) is 0 Å². The summed E-state index contributed by atoms with van der Waals surface area (Å²) >= 11 is 0. The molecular weight excluding hydrogens is 384 g/mol. The smallest absolute Gasteiger partial charge is 0.0956 e. The second-order valence-electron chi connectivity index (χ2n) is 9.35. The number of rotatable bonds is 5. The zero-order valence-corrected chi connectivity index (χ0v) is 18.4. The van der Waals surface area contributed by atoms with Crippen LogP contribution in [0, 0.1) is 5.92 Å². The Labute approximate surface area is 174 Å². The molecule has 2 aliphatic heterocycles. The van der Waals surface area contributed by atoms with Gasteiger partial charge in [0.15, 0.2) is 0 Å². The van der Waals surface area contributed by atoms with Crippen molar-refractivity contribution in [2.45, 2.75) is 57.7 Å². The Kier molecular flexibility index (Phi) is 5.36. The van der Waals surface area contributed by atoms with Crippen LogP contribution in [0.5, 0.6) is 0 Å². The Morgan fingerprint density at radius 3 is 2.69 bits per heavy atom. The van der Waals surface area contributed by atoms with Gasteiger partial charge in [-0.2, -0.15) is 0 Å². The van der Waals surface area contributed by atoms with Gasteiger partial charge in [-0.3, -0.25) is 0 Å². The molecule has 1 aromatic carbocycles. The van der Waals surface area contributed by atoms with E-state index in [0.29, 0.717) is 19.5 Å². The molecule has 1 saturated heterocycles. The lowest BCUT2D eigenvalue weighted by Crippen LogP contribution is -2.51. The van der Waals surface area contributed by atoms with E-state index in [1.165, 1.54) is 11.1 Å². The van der Waals surface area contributed by atoms with Gasteiger partial charge in [-0.25, -0.2) is 18.2 Å². The third-order valence-electron chi connectivity index (χ3n) is 5.99. The van der Waals surface area contributed by atoms with Crippen molar-refractivity contribution in [2.75, 3.05) is 13.1 Å². The Morgan fingerprint density at radius 2 is 2.00 bits per heavy atom. The van der Waals surface area contributed by atoms with Crippen molar-refractivity contribution in [3.05, 3.63) is 42.4 Å². The number of nitrogens with one attached hydrogen (secondary N) is 1. The van der Waals surface area contributed by atoms with Crippen molar-refractivity contribution in [1.29, 1.82) is 0 Å². The molecule has 3 atom stereocenters. The number of piperidine rings is 1. The van der Waals surface area contributed by atoms with E-state index in [1.807, 2.05) is 43.7 Å². The molecule has 2 aliphatic rings. The molecule has 0 bridgehead atoms. The maximum atomic E-state index is 13.0. The van der Waals surface area contributed by atoms with E-state index in [2.05, 4.69) is 38.3 Å². The molecule has 3 unspecified atom stereocenters. The first-order valence-corrected chi connectivity index (χ1v) is 12.0. The monoisotopic (exact) mass is 416 g/mol. The van der Waals surface area contributed by atoms with Crippen molar-refractivity contribution >= 4 is 15.8 Å². The van der Waals surface area contributed by atoms with Gasteiger partial charge in [-0.05, 0) is 57.4 Å². The highest BCUT2D eigenvalue weighted by molar-refractivity contribution is 7.96. The van der Waals surface area contributed by atoms with E-state index in [-0.39, 0.29) is 17.5 Å². The summed E-state index contributed by atoms with van der Waals surface area (Å²) in [6.45, 7) is 7.36. The number of hydrogen-bond acceptors (Lipinski definition) is 3. The lowest BCUT2D eigenvalue weighted by molar-refractivity contribution is 0.0618. The van der Waals surface area contributed by atoms with E-state index < -0.39 is 16.0 Å². The van der Waals surface area contributed by atoms with Crippen molar-refractivity contribution < 1.29 is 9.32 Å². The average molecular weight is 417 g/mol. The number of hydrogen-bond donors (Lipinski definition) is 2. The minimum absolute atomic E-state index is 0.122. The fourth-order valence-corrected chi connectivity index (χ4v) is 6.58. The van der Waals surface area contributed by atoms with Gasteiger partial charge in [-0.1, -0.05) is 24.3 Å². The van der Waals surface area contributed by atoms with Crippen molar-refractivity contribution in [3.8, 4) is 11.3 Å². The van der Waals surface area contributed by atoms with Gasteiger partial charge in [0.05, 0.1) is 40.3 Å². The molecule has 0 saturated carbocycles. The van der Waals surface area contributed by atoms with Gasteiger partial charge in [0.1, 0.15) is 0 Å². The minimum atomic E-state index is -2.50. The topological polar surface area (TPSA) is 70.4 Å². The SMILES string of the molecule is C=S(=O)(NC(C)(C)C)N1CCC(C(O)CC2c3ccccc3-c3cncn32)CC1. The molecule has 0 amide bonds. The first-order chi connectivity index (χ1) is 13.7. The lowest BCUT2D eigenvalue weighted by atomic mass is 9.87. The molecule has 0 radical (unpaired) electrons. The van der Waals surface area contributed by atoms with Gasteiger partial charge in [-0.15, -0.1) is 0 Å². The van der Waals surface area contributed by atoms with Crippen molar-refractivity contribution in [3.63, 3.8) is 0 Å². The molecule has 0 spiro atoms. The van der Waals surface area contributed by atoms with Gasteiger partial charge >= 0.3 is 0 Å². The van der Waals surface area contributed by atoms with Crippen LogP contribution in [-0.2, 0) is 9.89 Å². The predicted octanol–water partition coefficient (Wildman–Crippen LogP) is 2.85. The molecule has 29 heavy (non-hydrogen) atoms. The number of aliphatic hydroxyl groups is 1. The Morgan fingerprint density at radius 1 is 1.31 bits per heavy atom. The minimum Gasteiger partial charge on any atom is -0.393 e. The molecule has 2 N–H and O–H groups in total. The van der Waals surface area contributed by atoms with Crippen molar-refractivity contribution in [1.82, 2.24) is 18.6 Å². The average Bonchev–Trinajstić information content (AvgIpc) is 3.23. The van der Waals surface area contributed by atoms with E-state index in [9.17, 15) is 9.32 Å². The summed E-state index contributed by atoms with van der Waals surface area (Å²) in [4.78, 5) is 4.31. The highest BCUT2D eigenvalue weighted by atomic mass is 32.2. The molecule has 0 aliphatic carbocycles. The maximum Gasteiger partial charge on any atom is 0.0956 e. The summed E-state index contributed by atoms with van der Waals surface area (Å²) in [5.74, 6) is 4.15. The van der Waals surface area contributed by atoms with Crippen LogP contribution in [0.3, 0.4) is 0 Å². The van der Waals surface area contributed by atoms with Gasteiger partial charge in [0, 0.05) is 24.2 Å². The summed E-state index contributed by atoms with van der Waals surface area (Å²) < 4.78 is 20.3. The summed E-state index contributed by atoms with van der Waals surface area (Å²) in [5, 5.41) is 11.0. The Hall–Kier alpha value is -1.67. The molecule has 2 aromatic rings. The molecule has 6 nitrogen and oxygen atoms in total. The van der Waals surface area contributed by atoms with Crippen LogP contribution in [0.15, 0.2) is 36.8 Å². The van der Waals surface area contributed by atoms with Crippen LogP contribution in [0.2, 0.25) is 0 Å². The highest BCUT2D eigenvalue weighted by Crippen LogP contribution is 2.42. The van der Waals surface area contributed by atoms with Crippen LogP contribution >= 0.6 is 0 Å². The zero-order chi connectivity index (χ0) is 20.8. The second kappa shape index (κ2) is 7.54. The standard InChI is InChI=1S/C22H32N4O2S/c1-22(2,3)24-29(4,28)25-11-9-16(10-12-25)21(27)13-19-17-7-5-6-8-18(17)20-14-23-15-26(19)20/h5-8,14-16,19,21,27H,4,9-13H2,1-3H3,(H,24,28). The molecular formula is C22H32N4O2S. The third-order valence-corrected chi connectivity index (χ3v) is 8.12. The summed E-state index contributed by atoms with van der Waals surface area (Å²) in [6, 6.07) is 8.51. The van der Waals surface area contributed by atoms with Crippen LogP contribution in [0.25, 0.3) is 11.3 Å². The quantitative estimate of drug-likeness (QED) is 0.737. The molecule has 1 aromatic heterocycles. The predicted molar refractivity (Wildman–Crippen MR) is 119 cm³/mol. The van der Waals surface area contributed by atoms with E-state index >= 15 is 0 Å². The molecule has 158 valence electrons. The molecule has 3 heterocycles. The number of aliphatic hydroxyl groups excluding tert-OH is 1. The van der Waals surface area contributed by atoms with Gasteiger partial charge in [0.2, 0.25) is 0 Å². The first-order valence-electron chi connectivity index (χ1n) is 10.4. The normalized spacial score (nSPS) is 23.4. The molecule has 7 heteroatoms. The fraction of sp³-hybridized carbons (Fsp3) is 0.545. The second-order valence-corrected chi connectivity index (χ2v) is 11.4. The summed E-state index contributed by atoms with van der Waals surface area (Å²) in [6.07, 6.45) is 5.68. The summed E-state index contributed by atoms with van der Waals surface area (Å²) in [5.41, 5.74) is 3.34. The zero-order valence-electron chi connectivity index (χ0n) is 17.5. The fourth-order valence-electron chi connectivity index (χ4n) is 4.69. The van der Waals surface area contributed by atoms with Crippen molar-refractivity contribution in [2.24, 2.45) is 5.92 Å². The number of fused-ring (bicyclic) bond motifs is 3. The lowest BCUT2D eigenvalue weighted by Gasteiger charge is -2.38. The first kappa shape index (κ1) is 20.6. The van der Waals surface area contributed by atoms with Gasteiger partial charge < -0.3 is 9.67 Å². The molecule has 4 rings (SSSR count). The Bertz CT molecular complexity index is 969. The van der Waals surface area contributed by atoms with E-state index in [4.69, 9.17) is 0 Å². The number of aromatic nitrogens is 2. The van der Waals surface area contributed by atoms with E-state index in [0.717, 1.165) is 18.5 Å². The van der Waals surface area contributed by atoms with Crippen LogP contribution in [0.1, 0.15) is 51.6 Å². The Balaban J connectivity index is 1.41. The van der Waals surface area contributed by atoms with Gasteiger partial charge in [0.25, 0.3) is 0 Å². The number of nitrogens with zero attached hydrogens (tertiary/aromatic N) is 3. The molecule has 1 fully saturated rings. The summed E-state index contributed by atoms with van der Waals surface area (Å²) in [7, 11) is -2.50. The number of imidazole rings is 1. The highest BCUT2D eigenvalue weighted by Gasteiger charge is 2.34. The number of benzene rings is 1. The van der Waals surface area contributed by atoms with Crippen LogP contribution < -0.4 is 4.72 Å². The maximum absolute atomic E-state index is 13.0.